The van der Waals surface area contributed by atoms with Gasteiger partial charge in [-0.15, -0.1) is 0 Å². The maximum atomic E-state index is 13.1. The summed E-state index contributed by atoms with van der Waals surface area (Å²) in [4.78, 5) is 0. The molecular formula is C6HF11KO3. The first kappa shape index (κ1) is 21.7. The zero-order chi connectivity index (χ0) is 16.4. The summed E-state index contributed by atoms with van der Waals surface area (Å²) < 4.78 is 140. The molecule has 3 atom stereocenters. The van der Waals surface area contributed by atoms with E-state index in [0.717, 1.165) is 0 Å². The predicted octanol–water partition coefficient (Wildman–Crippen LogP) is 2.32. The second-order valence-corrected chi connectivity index (χ2v) is 3.47. The SMILES string of the molecule is OC1(F)OC(F)(F)C(F)(C(F)(F)F)OC1(F)C(F)(F)F.[K]. The van der Waals surface area contributed by atoms with E-state index in [1.165, 1.54) is 0 Å². The van der Waals surface area contributed by atoms with Crippen LogP contribution in [0, 0.1) is 0 Å². The van der Waals surface area contributed by atoms with E-state index in [-0.39, 0.29) is 51.4 Å². The Kier molecular flexibility index (Phi) is 5.58. The Bertz CT molecular complexity index is 370. The molecule has 1 aliphatic heterocycles. The van der Waals surface area contributed by atoms with Gasteiger partial charge in [0.15, 0.2) is 0 Å². The number of hydrogen-bond donors (Lipinski definition) is 1. The molecular weight excluding hydrogens is 368 g/mol. The van der Waals surface area contributed by atoms with Crippen LogP contribution in [-0.2, 0) is 9.47 Å². The van der Waals surface area contributed by atoms with Crippen LogP contribution in [0.1, 0.15) is 0 Å². The van der Waals surface area contributed by atoms with Gasteiger partial charge in [-0.05, 0) is 0 Å². The molecule has 1 saturated heterocycles. The molecule has 121 valence electrons. The van der Waals surface area contributed by atoms with Crippen LogP contribution in [0.5, 0.6) is 0 Å². The van der Waals surface area contributed by atoms with E-state index in [2.05, 4.69) is 0 Å². The molecule has 1 rings (SSSR count). The Balaban J connectivity index is 0.00000400. The van der Waals surface area contributed by atoms with E-state index in [4.69, 9.17) is 5.11 Å². The Labute approximate surface area is 149 Å². The molecule has 0 aromatic rings. The Morgan fingerprint density at radius 3 is 1.29 bits per heavy atom. The van der Waals surface area contributed by atoms with Crippen LogP contribution >= 0.6 is 0 Å². The van der Waals surface area contributed by atoms with Gasteiger partial charge in [-0.3, -0.25) is 4.74 Å². The zero-order valence-corrected chi connectivity index (χ0v) is 12.5. The van der Waals surface area contributed by atoms with Crippen molar-refractivity contribution >= 4 is 51.4 Å². The second kappa shape index (κ2) is 5.39. The van der Waals surface area contributed by atoms with Crippen molar-refractivity contribution in [2.24, 2.45) is 0 Å². The molecule has 1 N–H and O–H groups in total. The number of alkyl halides is 11. The maximum Gasteiger partial charge on any atom is 0.458 e. The number of aliphatic hydroxyl groups is 1. The van der Waals surface area contributed by atoms with Gasteiger partial charge in [0.1, 0.15) is 0 Å². The summed E-state index contributed by atoms with van der Waals surface area (Å²) in [6, 6.07) is -6.13. The molecule has 3 unspecified atom stereocenters. The molecule has 0 aromatic carbocycles. The van der Waals surface area contributed by atoms with Crippen molar-refractivity contribution in [1.29, 1.82) is 0 Å². The second-order valence-electron chi connectivity index (χ2n) is 3.47. The molecule has 15 heteroatoms. The molecule has 1 aliphatic rings. The van der Waals surface area contributed by atoms with E-state index in [1.54, 1.807) is 0 Å². The van der Waals surface area contributed by atoms with E-state index < -0.39 is 36.2 Å². The molecule has 0 amide bonds. The summed E-state index contributed by atoms with van der Waals surface area (Å²) in [6.45, 7) is 0. The molecule has 3 nitrogen and oxygen atoms in total. The number of hydrogen-bond acceptors (Lipinski definition) is 3. The summed E-state index contributed by atoms with van der Waals surface area (Å²) in [5.74, 6) is -13.2. The average Bonchev–Trinajstić information content (AvgIpc) is 2.09. The van der Waals surface area contributed by atoms with Crippen molar-refractivity contribution in [2.45, 2.75) is 36.2 Å². The summed E-state index contributed by atoms with van der Waals surface area (Å²) in [5, 5.41) is 8.14. The first-order valence-electron chi connectivity index (χ1n) is 4.12. The van der Waals surface area contributed by atoms with Crippen LogP contribution in [0.4, 0.5) is 48.3 Å². The molecule has 0 aliphatic carbocycles. The normalized spacial score (nSPS) is 40.6. The molecule has 0 aromatic heterocycles. The van der Waals surface area contributed by atoms with Crippen LogP contribution in [0.15, 0.2) is 0 Å². The number of ether oxygens (including phenoxy) is 2. The van der Waals surface area contributed by atoms with E-state index in [0.29, 0.717) is 0 Å². The van der Waals surface area contributed by atoms with Crippen LogP contribution in [0.2, 0.25) is 0 Å². The summed E-state index contributed by atoms with van der Waals surface area (Å²) in [6.07, 6.45) is -20.3. The number of halogens is 11. The molecule has 0 spiro atoms. The first-order valence-corrected chi connectivity index (χ1v) is 4.12. The van der Waals surface area contributed by atoms with Gasteiger partial charge in [0.25, 0.3) is 0 Å². The van der Waals surface area contributed by atoms with Crippen LogP contribution in [0.25, 0.3) is 0 Å². The summed E-state index contributed by atoms with van der Waals surface area (Å²) >= 11 is 0. The largest absolute Gasteiger partial charge is 0.458 e. The van der Waals surface area contributed by atoms with Gasteiger partial charge in [-0.1, -0.05) is 0 Å². The van der Waals surface area contributed by atoms with Crippen molar-refractivity contribution in [3.8, 4) is 0 Å². The molecule has 21 heavy (non-hydrogen) atoms. The van der Waals surface area contributed by atoms with Crippen molar-refractivity contribution in [3.63, 3.8) is 0 Å². The van der Waals surface area contributed by atoms with Crippen molar-refractivity contribution < 1.29 is 62.9 Å². The zero-order valence-electron chi connectivity index (χ0n) is 9.42. The minimum absolute atomic E-state index is 0. The van der Waals surface area contributed by atoms with Gasteiger partial charge in [0, 0.05) is 51.4 Å². The molecule has 1 radical (unpaired) electrons. The molecule has 1 fully saturated rings. The molecule has 0 bridgehead atoms. The van der Waals surface area contributed by atoms with Gasteiger partial charge in [0.05, 0.1) is 0 Å². The fourth-order valence-corrected chi connectivity index (χ4v) is 1.07. The van der Waals surface area contributed by atoms with Crippen molar-refractivity contribution in [2.75, 3.05) is 0 Å². The van der Waals surface area contributed by atoms with Gasteiger partial charge < -0.3 is 5.11 Å². The van der Waals surface area contributed by atoms with Crippen LogP contribution in [0.3, 0.4) is 0 Å². The van der Waals surface area contributed by atoms with Gasteiger partial charge in [0.2, 0.25) is 0 Å². The smallest absolute Gasteiger partial charge is 0.335 e. The summed E-state index contributed by atoms with van der Waals surface area (Å²) in [5.41, 5.74) is 0. The fraction of sp³-hybridized carbons (Fsp3) is 1.00. The van der Waals surface area contributed by atoms with Crippen molar-refractivity contribution in [1.82, 2.24) is 0 Å². The fourth-order valence-electron chi connectivity index (χ4n) is 1.07. The average molecular weight is 369 g/mol. The predicted molar refractivity (Wildman–Crippen MR) is 38.7 cm³/mol. The minimum atomic E-state index is -6.95. The first-order chi connectivity index (χ1) is 8.41. The van der Waals surface area contributed by atoms with Crippen molar-refractivity contribution in [3.05, 3.63) is 0 Å². The van der Waals surface area contributed by atoms with E-state index in [9.17, 15) is 48.3 Å². The molecule has 1 heterocycles. The van der Waals surface area contributed by atoms with Gasteiger partial charge in [-0.2, -0.15) is 48.3 Å². The third-order valence-corrected chi connectivity index (χ3v) is 2.04. The molecule has 0 saturated carbocycles. The summed E-state index contributed by atoms with van der Waals surface area (Å²) in [7, 11) is 0. The topological polar surface area (TPSA) is 38.7 Å². The Morgan fingerprint density at radius 1 is 0.667 bits per heavy atom. The quantitative estimate of drug-likeness (QED) is 0.526. The van der Waals surface area contributed by atoms with E-state index in [1.807, 2.05) is 9.47 Å². The maximum absolute atomic E-state index is 13.1. The van der Waals surface area contributed by atoms with E-state index >= 15 is 0 Å². The Morgan fingerprint density at radius 2 is 1.00 bits per heavy atom. The van der Waals surface area contributed by atoms with Crippen LogP contribution in [-0.4, -0.2) is 92.7 Å². The third-order valence-electron chi connectivity index (χ3n) is 2.04. The van der Waals surface area contributed by atoms with Crippen LogP contribution < -0.4 is 0 Å². The standard InChI is InChI=1S/C6HF11O3.K/c7-1(3(9,10)11)5(15,16)20-6(17,18)2(8,19-1)4(12,13)14;/h18H;. The minimum Gasteiger partial charge on any atom is -0.335 e. The third kappa shape index (κ3) is 3.07. The Hall–Kier alpha value is 0.746. The monoisotopic (exact) mass is 369 g/mol. The number of rotatable bonds is 0. The van der Waals surface area contributed by atoms with Gasteiger partial charge >= 0.3 is 36.2 Å². The van der Waals surface area contributed by atoms with Gasteiger partial charge in [-0.25, -0.2) is 4.74 Å².